The third-order valence-corrected chi connectivity index (χ3v) is 17.8. The molecule has 642 valence electrons. The molecule has 1 rings (SSSR count). The highest BCUT2D eigenvalue weighted by Crippen LogP contribution is 2.15. The minimum Gasteiger partial charge on any atom is -0.481 e. The number of hydrogen-bond acceptors (Lipinski definition) is 24. The van der Waals surface area contributed by atoms with Gasteiger partial charge in [-0.2, -0.15) is 11.8 Å². The number of aliphatic carboxylic acids is 2. The number of aliphatic hydroxyl groups excluding tert-OH is 1. The highest BCUT2D eigenvalue weighted by atomic mass is 32.2. The molecular weight excluding hydrogens is 1520 g/mol. The molecule has 14 atom stereocenters. The first-order chi connectivity index (χ1) is 53.6. The van der Waals surface area contributed by atoms with E-state index in [9.17, 15) is 96.8 Å². The zero-order valence-electron chi connectivity index (χ0n) is 65.6. The molecule has 33 N–H and O–H groups in total. The number of aliphatic imine (C=N–C) groups is 2. The quantitative estimate of drug-likeness (QED) is 0.0164. The maximum atomic E-state index is 14.6. The number of nitrogens with zero attached hydrogens (tertiary/aromatic N) is 3. The van der Waals surface area contributed by atoms with E-state index in [-0.39, 0.29) is 125 Å². The first-order valence-corrected chi connectivity index (χ1v) is 38.5. The number of amides is 15. The molecule has 0 radical (unpaired) electrons. The predicted molar refractivity (Wildman–Crippen MR) is 415 cm³/mol. The summed E-state index contributed by atoms with van der Waals surface area (Å²) in [6.07, 6.45) is 1.36. The number of thioether (sulfide) groups is 1. The van der Waals surface area contributed by atoms with Gasteiger partial charge in [-0.05, 0) is 114 Å². The van der Waals surface area contributed by atoms with Crippen LogP contribution in [0, 0.1) is 17.8 Å². The fraction of sp³-hybridized carbons (Fsp3) is 0.676. The maximum Gasteiger partial charge on any atom is 0.326 e. The van der Waals surface area contributed by atoms with E-state index < -0.39 is 230 Å². The number of carboxylic acids is 2. The van der Waals surface area contributed by atoms with Gasteiger partial charge in [0, 0.05) is 37.8 Å². The molecule has 1 aromatic rings. The number of carbonyl (C=O) groups is 17. The van der Waals surface area contributed by atoms with Crippen molar-refractivity contribution in [2.45, 2.75) is 230 Å². The summed E-state index contributed by atoms with van der Waals surface area (Å²) in [6.45, 7) is 9.78. The van der Waals surface area contributed by atoms with E-state index in [1.165, 1.54) is 38.1 Å². The number of imidazole rings is 1. The van der Waals surface area contributed by atoms with Gasteiger partial charge >= 0.3 is 11.9 Å². The molecule has 15 amide bonds. The van der Waals surface area contributed by atoms with Crippen molar-refractivity contribution in [1.82, 2.24) is 79.1 Å². The Labute approximate surface area is 663 Å². The van der Waals surface area contributed by atoms with Crippen molar-refractivity contribution >= 4 is 124 Å². The van der Waals surface area contributed by atoms with Crippen LogP contribution in [0.1, 0.15) is 150 Å². The van der Waals surface area contributed by atoms with Crippen molar-refractivity contribution in [2.24, 2.45) is 73.6 Å². The second-order valence-corrected chi connectivity index (χ2v) is 28.9. The van der Waals surface area contributed by atoms with Gasteiger partial charge in [0.15, 0.2) is 11.9 Å². The molecule has 45 nitrogen and oxygen atoms in total. The fourth-order valence-corrected chi connectivity index (χ4v) is 11.3. The molecule has 46 heteroatoms. The molecule has 0 fully saturated rings. The topological polar surface area (TPSA) is 769 Å². The number of carboxylic acid groups (broad SMARTS) is 2. The molecule has 1 heterocycles. The number of carbonyl (C=O) groups excluding carboxylic acids is 15. The molecule has 0 spiro atoms. The molecule has 0 saturated heterocycles. The number of unbranched alkanes of at least 4 members (excludes halogenated alkanes) is 1. The van der Waals surface area contributed by atoms with Gasteiger partial charge in [-0.15, -0.1) is 0 Å². The Morgan fingerprint density at radius 1 is 0.491 bits per heavy atom. The van der Waals surface area contributed by atoms with E-state index in [0.717, 1.165) is 0 Å². The molecule has 114 heavy (non-hydrogen) atoms. The van der Waals surface area contributed by atoms with Crippen molar-refractivity contribution in [2.75, 3.05) is 44.8 Å². The first-order valence-electron chi connectivity index (χ1n) is 37.1. The van der Waals surface area contributed by atoms with Crippen LogP contribution >= 0.6 is 11.8 Å². The SMILES string of the molecule is CC[C@H](C)[C@H](NC(=O)[C@H](CC(N)=O)NC(=O)[C@H](C)NC(=O)[C@H](CCCN=C(N)N)NC(=O)[C@@H](N)CC(C)C)C(=O)N[C@@H](CO)C(=O)N[C@@H](Cc1cnc[nH]1)C(=O)N[C@@H](CCCCN)C(=O)N[C@@H](CC(=O)O)C(=O)N[C@@H](CCSC)C(=O)N[C@@H](CCC(N)=O)C(=O)N[C@@H](CC(C)C)C(=O)NCC(=O)N[C@@H](CCCN=C(N)N)C(=O)O. The monoisotopic (exact) mass is 1640 g/mol. The van der Waals surface area contributed by atoms with E-state index >= 15 is 0 Å². The van der Waals surface area contributed by atoms with E-state index in [0.29, 0.717) is 0 Å². The molecule has 0 aliphatic carbocycles. The van der Waals surface area contributed by atoms with Crippen LogP contribution in [0.2, 0.25) is 0 Å². The molecule has 0 aliphatic rings. The normalized spacial score (nSPS) is 14.7. The molecule has 0 bridgehead atoms. The number of aromatic amines is 1. The highest BCUT2D eigenvalue weighted by Gasteiger charge is 2.39. The van der Waals surface area contributed by atoms with Crippen molar-refractivity contribution in [3.8, 4) is 0 Å². The van der Waals surface area contributed by atoms with Crippen LogP contribution in [-0.2, 0) is 87.9 Å². The van der Waals surface area contributed by atoms with Crippen LogP contribution in [0.15, 0.2) is 22.5 Å². The van der Waals surface area contributed by atoms with E-state index in [4.69, 9.17) is 45.9 Å². The van der Waals surface area contributed by atoms with Crippen molar-refractivity contribution in [3.63, 3.8) is 0 Å². The van der Waals surface area contributed by atoms with Gasteiger partial charge in [-0.3, -0.25) is 86.7 Å². The largest absolute Gasteiger partial charge is 0.481 e. The Balaban J connectivity index is 3.60. The summed E-state index contributed by atoms with van der Waals surface area (Å²) < 4.78 is 0. The summed E-state index contributed by atoms with van der Waals surface area (Å²) in [7, 11) is 0. The average Bonchev–Trinajstić information content (AvgIpc) is 0.975. The third kappa shape index (κ3) is 41.0. The van der Waals surface area contributed by atoms with Crippen LogP contribution in [0.5, 0.6) is 0 Å². The van der Waals surface area contributed by atoms with Crippen LogP contribution in [-0.4, -0.2) is 261 Å². The first kappa shape index (κ1) is 101. The Morgan fingerprint density at radius 3 is 1.44 bits per heavy atom. The van der Waals surface area contributed by atoms with Gasteiger partial charge < -0.3 is 135 Å². The number of aromatic nitrogens is 2. The summed E-state index contributed by atoms with van der Waals surface area (Å²) >= 11 is 1.20. The Morgan fingerprint density at radius 2 is 0.947 bits per heavy atom. The molecule has 0 aromatic carbocycles. The summed E-state index contributed by atoms with van der Waals surface area (Å²) in [4.78, 5) is 244. The van der Waals surface area contributed by atoms with Gasteiger partial charge in [0.05, 0.1) is 38.4 Å². The van der Waals surface area contributed by atoms with E-state index in [2.05, 4.69) is 89.1 Å². The number of nitrogens with one attached hydrogen (secondary N) is 14. The standard InChI is InChI=1S/C68H119N25O20S/c1-9-35(6)53(93-63(109)46(27-50(72)96)88-54(100)36(7)82-57(103)40(15-12-21-78-67(73)74)84-55(101)38(70)24-33(2)3)65(111)92-48(31-94)64(110)90-45(26-37-29-77-32-81-37)61(107)85-39(14-10-11-20-69)58(104)91-47(28-52(98)99)62(108)87-42(19-23-114-8)60(106)86-41(17-18-49(71)95)59(105)89-44(25-34(4)5)56(102)80-30-51(97)83-43(66(112)113)16-13-22-79-68(75)76/h29,32-36,38-48,53,94H,9-28,30-31,69-70H2,1-8H3,(H2,71,95)(H2,72,96)(H,77,81)(H,80,102)(H,82,103)(H,83,97)(H,84,101)(H,85,107)(H,86,106)(H,87,108)(H,88,100)(H,89,105)(H,90,110)(H,91,104)(H,92,111)(H,93,109)(H,98,99)(H,112,113)(H4,73,74,78)(H4,75,76,79)/t35-,36-,38-,39-,40-,41-,42-,43-,44-,45-,46-,47-,48-,53-/m0/s1. The van der Waals surface area contributed by atoms with Gasteiger partial charge in [0.2, 0.25) is 88.6 Å². The number of guanidine groups is 2. The number of rotatable bonds is 58. The van der Waals surface area contributed by atoms with E-state index in [1.54, 1.807) is 27.0 Å². The van der Waals surface area contributed by atoms with Crippen molar-refractivity contribution < 1.29 is 96.8 Å². The van der Waals surface area contributed by atoms with Crippen molar-refractivity contribution in [1.29, 1.82) is 0 Å². The second kappa shape index (κ2) is 53.8. The van der Waals surface area contributed by atoms with Gasteiger partial charge in [0.1, 0.15) is 72.5 Å². The minimum atomic E-state index is -2.01. The molecule has 1 aromatic heterocycles. The third-order valence-electron chi connectivity index (χ3n) is 17.1. The summed E-state index contributed by atoms with van der Waals surface area (Å²) in [5.74, 6) is -19.9. The summed E-state index contributed by atoms with van der Waals surface area (Å²) in [5, 5.41) is 61.7. The molecule has 0 unspecified atom stereocenters. The second-order valence-electron chi connectivity index (χ2n) is 27.9. The smallest absolute Gasteiger partial charge is 0.326 e. The zero-order chi connectivity index (χ0) is 86.5. The lowest BCUT2D eigenvalue weighted by Gasteiger charge is -2.29. The minimum absolute atomic E-state index is 0.0151. The number of primary amides is 2. The summed E-state index contributed by atoms with van der Waals surface area (Å²) in [6, 6.07) is -20.4. The lowest BCUT2D eigenvalue weighted by Crippen LogP contribution is -2.62. The average molecular weight is 1640 g/mol. The molecule has 0 saturated carbocycles. The van der Waals surface area contributed by atoms with Crippen LogP contribution in [0.4, 0.5) is 0 Å². The molecular formula is C68H119N25O20S. The number of H-pyrrole nitrogens is 1. The fourth-order valence-electron chi connectivity index (χ4n) is 10.8. The Hall–Kier alpha value is -11.0. The number of aliphatic hydroxyl groups is 1. The van der Waals surface area contributed by atoms with Gasteiger partial charge in [-0.1, -0.05) is 48.0 Å². The predicted octanol–water partition coefficient (Wildman–Crippen LogP) is -8.95. The van der Waals surface area contributed by atoms with Crippen LogP contribution in [0.25, 0.3) is 0 Å². The van der Waals surface area contributed by atoms with Gasteiger partial charge in [0.25, 0.3) is 0 Å². The number of hydrogen-bond donors (Lipinski definition) is 25. The Kier molecular flexibility index (Phi) is 47.7. The van der Waals surface area contributed by atoms with E-state index in [1.807, 2.05) is 13.8 Å². The van der Waals surface area contributed by atoms with Crippen molar-refractivity contribution in [3.05, 3.63) is 18.2 Å². The molecule has 0 aliphatic heterocycles. The lowest BCUT2D eigenvalue weighted by molar-refractivity contribution is -0.142. The highest BCUT2D eigenvalue weighted by molar-refractivity contribution is 7.98. The van der Waals surface area contributed by atoms with Crippen LogP contribution < -0.4 is 115 Å². The van der Waals surface area contributed by atoms with Crippen LogP contribution in [0.3, 0.4) is 0 Å². The summed E-state index contributed by atoms with van der Waals surface area (Å²) in [5.41, 5.74) is 44.5. The zero-order valence-corrected chi connectivity index (χ0v) is 66.4. The lowest BCUT2D eigenvalue weighted by atomic mass is 9.97. The Bertz CT molecular complexity index is 3430. The van der Waals surface area contributed by atoms with Gasteiger partial charge in [-0.25, -0.2) is 9.78 Å². The maximum absolute atomic E-state index is 14.6. The number of nitrogens with two attached hydrogens (primary N) is 8.